The maximum atomic E-state index is 6.00. The molecule has 112 valence electrons. The highest BCUT2D eigenvalue weighted by Crippen LogP contribution is 2.36. The van der Waals surface area contributed by atoms with Gasteiger partial charge < -0.3 is 10.6 Å². The van der Waals surface area contributed by atoms with Gasteiger partial charge in [0.25, 0.3) is 0 Å². The summed E-state index contributed by atoms with van der Waals surface area (Å²) in [6.45, 7) is 5.39. The first-order chi connectivity index (χ1) is 9.74. The lowest BCUT2D eigenvalue weighted by atomic mass is 9.84. The number of likely N-dealkylation sites (tertiary alicyclic amines) is 1. The molecule has 0 bridgehead atoms. The molecule has 2 N–H and O–H groups in total. The highest BCUT2D eigenvalue weighted by molar-refractivity contribution is 5.33. The van der Waals surface area contributed by atoms with E-state index in [1.807, 2.05) is 0 Å². The molecule has 1 aromatic heterocycles. The van der Waals surface area contributed by atoms with E-state index >= 15 is 0 Å². The summed E-state index contributed by atoms with van der Waals surface area (Å²) in [6, 6.07) is 0.608. The molecule has 1 fully saturated rings. The summed E-state index contributed by atoms with van der Waals surface area (Å²) in [5.74, 6) is 0.550. The zero-order chi connectivity index (χ0) is 14.1. The zero-order valence-electron chi connectivity index (χ0n) is 12.9. The molecule has 0 amide bonds. The number of aryl methyl sites for hydroxylation is 1. The van der Waals surface area contributed by atoms with Crippen molar-refractivity contribution in [3.63, 3.8) is 0 Å². The molecule has 3 rings (SSSR count). The minimum Gasteiger partial charge on any atom is -0.330 e. The van der Waals surface area contributed by atoms with Crippen molar-refractivity contribution in [2.45, 2.75) is 57.4 Å². The van der Waals surface area contributed by atoms with Gasteiger partial charge in [-0.15, -0.1) is 0 Å². The van der Waals surface area contributed by atoms with Gasteiger partial charge in [0, 0.05) is 11.3 Å². The van der Waals surface area contributed by atoms with E-state index in [9.17, 15) is 0 Å². The normalized spacial score (nSPS) is 24.9. The lowest BCUT2D eigenvalue weighted by molar-refractivity contribution is 0.208. The number of aromatic nitrogens is 2. The summed E-state index contributed by atoms with van der Waals surface area (Å²) in [7, 11) is 2.22. The summed E-state index contributed by atoms with van der Waals surface area (Å²) in [6.07, 6.45) is 7.23. The molecule has 20 heavy (non-hydrogen) atoms. The maximum absolute atomic E-state index is 6.00. The highest BCUT2D eigenvalue weighted by atomic mass is 15.3. The topological polar surface area (TPSA) is 47.1 Å². The maximum Gasteiger partial charge on any atom is 0.0660 e. The third-order valence-electron chi connectivity index (χ3n) is 5.15. The Bertz CT molecular complexity index is 457. The Kier molecular flexibility index (Phi) is 4.13. The van der Waals surface area contributed by atoms with E-state index in [0.717, 1.165) is 13.0 Å². The van der Waals surface area contributed by atoms with Gasteiger partial charge in [0.15, 0.2) is 0 Å². The summed E-state index contributed by atoms with van der Waals surface area (Å²) in [5, 5.41) is 5.00. The Morgan fingerprint density at radius 2 is 2.00 bits per heavy atom. The molecular formula is C16H28N4. The van der Waals surface area contributed by atoms with Crippen LogP contribution >= 0.6 is 0 Å². The Morgan fingerprint density at radius 3 is 2.65 bits per heavy atom. The van der Waals surface area contributed by atoms with Gasteiger partial charge in [-0.2, -0.15) is 5.10 Å². The number of fused-ring (bicyclic) bond motifs is 1. The van der Waals surface area contributed by atoms with Crippen LogP contribution in [-0.2, 0) is 12.8 Å². The quantitative estimate of drug-likeness (QED) is 0.919. The van der Waals surface area contributed by atoms with Gasteiger partial charge in [-0.25, -0.2) is 0 Å². The number of hydrogen-bond acceptors (Lipinski definition) is 3. The molecule has 4 nitrogen and oxygen atoms in total. The van der Waals surface area contributed by atoms with Gasteiger partial charge >= 0.3 is 0 Å². The molecule has 0 spiro atoms. The first kappa shape index (κ1) is 14.1. The first-order valence-electron chi connectivity index (χ1n) is 8.23. The van der Waals surface area contributed by atoms with E-state index in [-0.39, 0.29) is 0 Å². The van der Waals surface area contributed by atoms with E-state index in [4.69, 9.17) is 10.8 Å². The van der Waals surface area contributed by atoms with Crippen LogP contribution in [0.25, 0.3) is 0 Å². The van der Waals surface area contributed by atoms with E-state index in [1.165, 1.54) is 62.1 Å². The molecule has 2 heterocycles. The second-order valence-corrected chi connectivity index (χ2v) is 6.46. The first-order valence-corrected chi connectivity index (χ1v) is 8.23. The van der Waals surface area contributed by atoms with Crippen LogP contribution in [0.4, 0.5) is 0 Å². The summed E-state index contributed by atoms with van der Waals surface area (Å²) >= 11 is 0. The molecule has 1 aliphatic heterocycles. The fourth-order valence-electron chi connectivity index (χ4n) is 3.95. The number of nitrogens with two attached hydrogens (primary N) is 1. The molecule has 1 aromatic rings. The van der Waals surface area contributed by atoms with Gasteiger partial charge in [0.05, 0.1) is 11.7 Å². The lowest BCUT2D eigenvalue weighted by Crippen LogP contribution is -2.32. The largest absolute Gasteiger partial charge is 0.330 e. The van der Waals surface area contributed by atoms with Crippen LogP contribution in [0.15, 0.2) is 0 Å². The van der Waals surface area contributed by atoms with Crippen molar-refractivity contribution in [3.8, 4) is 0 Å². The van der Waals surface area contributed by atoms with E-state index in [2.05, 4.69) is 23.6 Å². The van der Waals surface area contributed by atoms with Crippen LogP contribution < -0.4 is 5.73 Å². The molecule has 2 aliphatic rings. The fourth-order valence-corrected chi connectivity index (χ4v) is 3.95. The number of nitrogens with zero attached hydrogens (tertiary/aromatic N) is 3. The number of hydrogen-bond donors (Lipinski definition) is 1. The average molecular weight is 276 g/mol. The second kappa shape index (κ2) is 5.86. The van der Waals surface area contributed by atoms with E-state index in [0.29, 0.717) is 12.0 Å². The molecule has 0 radical (unpaired) electrons. The monoisotopic (exact) mass is 276 g/mol. The average Bonchev–Trinajstić information content (AvgIpc) is 2.87. The molecule has 1 unspecified atom stereocenters. The molecule has 1 saturated heterocycles. The smallest absolute Gasteiger partial charge is 0.0660 e. The van der Waals surface area contributed by atoms with Crippen LogP contribution in [0.5, 0.6) is 0 Å². The minimum atomic E-state index is 0.550. The zero-order valence-corrected chi connectivity index (χ0v) is 12.9. The van der Waals surface area contributed by atoms with E-state index in [1.54, 1.807) is 0 Å². The molecule has 1 aliphatic carbocycles. The third-order valence-corrected chi connectivity index (χ3v) is 5.15. The number of piperidine rings is 1. The minimum absolute atomic E-state index is 0.550. The van der Waals surface area contributed by atoms with Crippen LogP contribution in [-0.4, -0.2) is 41.4 Å². The third kappa shape index (κ3) is 2.40. The van der Waals surface area contributed by atoms with Crippen LogP contribution in [0.3, 0.4) is 0 Å². The molecule has 4 heteroatoms. The van der Waals surface area contributed by atoms with Crippen molar-refractivity contribution in [3.05, 3.63) is 17.0 Å². The fraction of sp³-hybridized carbons (Fsp3) is 0.812. The molecule has 0 saturated carbocycles. The van der Waals surface area contributed by atoms with Crippen LogP contribution in [0, 0.1) is 0 Å². The Balaban J connectivity index is 1.94. The number of rotatable bonds is 3. The van der Waals surface area contributed by atoms with Gasteiger partial charge in [-0.05, 0) is 71.1 Å². The van der Waals surface area contributed by atoms with Gasteiger partial charge in [0.2, 0.25) is 0 Å². The van der Waals surface area contributed by atoms with Crippen molar-refractivity contribution in [2.24, 2.45) is 5.73 Å². The van der Waals surface area contributed by atoms with Crippen LogP contribution in [0.2, 0.25) is 0 Å². The van der Waals surface area contributed by atoms with Crippen LogP contribution in [0.1, 0.15) is 61.5 Å². The Hall–Kier alpha value is -0.870. The van der Waals surface area contributed by atoms with Gasteiger partial charge in [-0.3, -0.25) is 4.68 Å². The van der Waals surface area contributed by atoms with Gasteiger partial charge in [0.1, 0.15) is 0 Å². The lowest BCUT2D eigenvalue weighted by Gasteiger charge is -2.31. The molecular weight excluding hydrogens is 248 g/mol. The predicted octanol–water partition coefficient (Wildman–Crippen LogP) is 2.09. The van der Waals surface area contributed by atoms with E-state index < -0.39 is 0 Å². The molecule has 1 atom stereocenters. The van der Waals surface area contributed by atoms with Crippen molar-refractivity contribution < 1.29 is 0 Å². The highest BCUT2D eigenvalue weighted by Gasteiger charge is 2.30. The summed E-state index contributed by atoms with van der Waals surface area (Å²) in [5.41, 5.74) is 10.3. The summed E-state index contributed by atoms with van der Waals surface area (Å²) in [4.78, 5) is 2.43. The van der Waals surface area contributed by atoms with Crippen molar-refractivity contribution in [1.82, 2.24) is 14.7 Å². The van der Waals surface area contributed by atoms with Crippen molar-refractivity contribution in [1.29, 1.82) is 0 Å². The predicted molar refractivity (Wildman–Crippen MR) is 82.1 cm³/mol. The van der Waals surface area contributed by atoms with Gasteiger partial charge in [-0.1, -0.05) is 6.92 Å². The Morgan fingerprint density at radius 1 is 1.25 bits per heavy atom. The summed E-state index contributed by atoms with van der Waals surface area (Å²) < 4.78 is 2.39. The SMILES string of the molecule is CCc1nn(C2CCN(C)CC2)c2c1C(CN)CCC2. The molecule has 0 aromatic carbocycles. The van der Waals surface area contributed by atoms with Crippen molar-refractivity contribution in [2.75, 3.05) is 26.7 Å². The standard InChI is InChI=1S/C16H28N4/c1-3-14-16-12(11-17)5-4-6-15(16)20(18-14)13-7-9-19(2)10-8-13/h12-13H,3-11,17H2,1-2H3. The van der Waals surface area contributed by atoms with Crippen molar-refractivity contribution >= 4 is 0 Å². The Labute approximate surface area is 122 Å². The second-order valence-electron chi connectivity index (χ2n) is 6.46.